The zero-order chi connectivity index (χ0) is 17.3. The summed E-state index contributed by atoms with van der Waals surface area (Å²) in [6, 6.07) is 0. The van der Waals surface area contributed by atoms with Crippen molar-refractivity contribution >= 4 is 18.2 Å². The van der Waals surface area contributed by atoms with Gasteiger partial charge in [0.25, 0.3) is 0 Å². The number of esters is 2. The van der Waals surface area contributed by atoms with Crippen molar-refractivity contribution in [3.63, 3.8) is 0 Å². The van der Waals surface area contributed by atoms with Gasteiger partial charge in [-0.1, -0.05) is 12.7 Å². The fourth-order valence-electron chi connectivity index (χ4n) is 3.50. The molecule has 0 aromatic heterocycles. The molecule has 128 valence electrons. The highest BCUT2D eigenvalue weighted by atomic mass is 16.6. The van der Waals surface area contributed by atoms with E-state index in [2.05, 4.69) is 17.4 Å². The van der Waals surface area contributed by atoms with Gasteiger partial charge in [0.05, 0.1) is 15.9 Å². The second-order valence-electron chi connectivity index (χ2n) is 6.66. The summed E-state index contributed by atoms with van der Waals surface area (Å²) in [5, 5.41) is 0. The lowest BCUT2D eigenvalue weighted by Crippen LogP contribution is -2.29. The fourth-order valence-corrected chi connectivity index (χ4v) is 3.50. The maximum absolute atomic E-state index is 11.9. The molecule has 7 nitrogen and oxygen atoms in total. The summed E-state index contributed by atoms with van der Waals surface area (Å²) in [5.74, 6) is -1.05. The predicted molar refractivity (Wildman–Crippen MR) is 82.3 cm³/mol. The molecule has 2 saturated heterocycles. The molecule has 1 N–H and O–H groups in total. The Morgan fingerprint density at radius 3 is 3.17 bits per heavy atom. The maximum Gasteiger partial charge on any atom is 0.418 e. The van der Waals surface area contributed by atoms with Gasteiger partial charge in [0.1, 0.15) is 18.8 Å². The van der Waals surface area contributed by atoms with Crippen LogP contribution in [0.25, 0.3) is 0 Å². The Morgan fingerprint density at radius 2 is 2.42 bits per heavy atom. The number of carbonyl (C=O) groups excluding carboxylic acids is 2. The number of allylic oxidation sites excluding steroid dienone is 1. The molecule has 0 saturated carbocycles. The summed E-state index contributed by atoms with van der Waals surface area (Å²) in [7, 11) is 0. The van der Waals surface area contributed by atoms with Crippen LogP contribution in [0.4, 0.5) is 0 Å². The van der Waals surface area contributed by atoms with Crippen LogP contribution < -0.4 is 0 Å². The Balaban J connectivity index is 1.72. The first kappa shape index (κ1) is 16.6. The first-order valence-corrected chi connectivity index (χ1v) is 8.06. The summed E-state index contributed by atoms with van der Waals surface area (Å²) < 4.78 is 16.4. The highest BCUT2D eigenvalue weighted by Crippen LogP contribution is 2.49. The van der Waals surface area contributed by atoms with Crippen molar-refractivity contribution in [3.8, 4) is 0 Å². The number of rotatable bonds is 3. The summed E-state index contributed by atoms with van der Waals surface area (Å²) in [4.78, 5) is 26.1. The number of hydrogen-bond acceptors (Lipinski definition) is 6. The molecule has 0 aromatic rings. The first-order valence-electron chi connectivity index (χ1n) is 8.06. The van der Waals surface area contributed by atoms with Crippen LogP contribution in [-0.2, 0) is 23.8 Å². The molecule has 2 aliphatic heterocycles. The van der Waals surface area contributed by atoms with Gasteiger partial charge in [-0.25, -0.2) is 9.59 Å². The van der Waals surface area contributed by atoms with Gasteiger partial charge >= 0.3 is 18.2 Å². The predicted octanol–water partition coefficient (Wildman–Crippen LogP) is 1.60. The molecule has 0 spiro atoms. The van der Waals surface area contributed by atoms with Gasteiger partial charge in [0.15, 0.2) is 0 Å². The largest absolute Gasteiger partial charge is 0.455 e. The van der Waals surface area contributed by atoms with E-state index in [-0.39, 0.29) is 36.3 Å². The molecule has 3 rings (SSSR count). The van der Waals surface area contributed by atoms with Crippen LogP contribution >= 0.6 is 0 Å². The van der Waals surface area contributed by atoms with Gasteiger partial charge in [-0.05, 0) is 38.2 Å². The average molecular weight is 333 g/mol. The van der Waals surface area contributed by atoms with E-state index in [0.29, 0.717) is 18.4 Å². The molecule has 0 aromatic carbocycles. The van der Waals surface area contributed by atoms with E-state index in [1.165, 1.54) is 0 Å². The Kier molecular flexibility index (Phi) is 4.39. The van der Waals surface area contributed by atoms with Crippen LogP contribution in [-0.4, -0.2) is 47.4 Å². The van der Waals surface area contributed by atoms with Gasteiger partial charge in [-0.2, -0.15) is 0 Å². The van der Waals surface area contributed by atoms with E-state index in [4.69, 9.17) is 19.7 Å². The lowest BCUT2D eigenvalue weighted by atomic mass is 9.84. The van der Waals surface area contributed by atoms with Gasteiger partial charge < -0.3 is 14.2 Å². The van der Waals surface area contributed by atoms with Crippen molar-refractivity contribution in [2.75, 3.05) is 6.61 Å². The summed E-state index contributed by atoms with van der Waals surface area (Å²) in [6.07, 6.45) is 5.56. The number of nitrogens with zero attached hydrogens (tertiary/aromatic N) is 1. The smallest absolute Gasteiger partial charge is 0.418 e. The quantitative estimate of drug-likeness (QED) is 0.161. The van der Waals surface area contributed by atoms with E-state index in [9.17, 15) is 9.59 Å². The van der Waals surface area contributed by atoms with Crippen LogP contribution in [0.1, 0.15) is 32.6 Å². The van der Waals surface area contributed by atoms with Crippen LogP contribution in [0.3, 0.4) is 0 Å². The Hall–Kier alpha value is -2.24. The molecule has 24 heavy (non-hydrogen) atoms. The number of ether oxygens (including phenoxy) is 3. The van der Waals surface area contributed by atoms with E-state index in [1.807, 2.05) is 6.92 Å². The molecular weight excluding hydrogens is 312 g/mol. The molecular formula is C17H21N2O5+. The fraction of sp³-hybridized carbons (Fsp3) is 0.588. The third-order valence-electron chi connectivity index (χ3n) is 5.01. The topological polar surface area (TPSA) is 103 Å². The zero-order valence-electron chi connectivity index (χ0n) is 13.6. The number of hydrogen-bond donors (Lipinski definition) is 1. The number of nitrogens with one attached hydrogen (secondary N) is 1. The molecule has 0 bridgehead atoms. The third-order valence-corrected chi connectivity index (χ3v) is 5.01. The van der Waals surface area contributed by atoms with Crippen molar-refractivity contribution in [1.29, 1.82) is 5.53 Å². The SMILES string of the molecule is C=C1C(=O)O[C@@H]2[C@H]3O[C@]3(C)CC/C=C(/COC(=O)C=[N+]=N)CC[C@@H]12. The standard InChI is InChI=1S/C17H21N2O5/c1-10-12-6-5-11(9-22-13(20)8-19-18)4-3-7-17(2)15(24-17)14(12)23-16(10)21/h4,8,12,14-15,18H,1,3,5-7,9H2,2H3/q+1/b11-4+/t12-,14-,15+,17+/m0/s1. The number of carbonyl (C=O) groups is 2. The van der Waals surface area contributed by atoms with Gasteiger partial charge in [-0.3, -0.25) is 0 Å². The van der Waals surface area contributed by atoms with Crippen LogP contribution in [0.15, 0.2) is 23.8 Å². The summed E-state index contributed by atoms with van der Waals surface area (Å²) in [6.45, 7) is 6.06. The third kappa shape index (κ3) is 3.18. The monoisotopic (exact) mass is 333 g/mol. The Morgan fingerprint density at radius 1 is 1.62 bits per heavy atom. The highest BCUT2D eigenvalue weighted by Gasteiger charge is 2.61. The van der Waals surface area contributed by atoms with Crippen molar-refractivity contribution in [2.24, 2.45) is 5.92 Å². The molecule has 7 heteroatoms. The van der Waals surface area contributed by atoms with E-state index < -0.39 is 5.97 Å². The second kappa shape index (κ2) is 6.34. The minimum atomic E-state index is -0.637. The van der Waals surface area contributed by atoms with Gasteiger partial charge in [-0.15, -0.1) is 0 Å². The van der Waals surface area contributed by atoms with Crippen molar-refractivity contribution in [1.82, 2.24) is 0 Å². The first-order chi connectivity index (χ1) is 11.4. The maximum atomic E-state index is 11.9. The minimum Gasteiger partial charge on any atom is -0.455 e. The molecule has 0 unspecified atom stereocenters. The van der Waals surface area contributed by atoms with Crippen LogP contribution in [0.5, 0.6) is 0 Å². The number of epoxide rings is 1. The van der Waals surface area contributed by atoms with Gasteiger partial charge in [0, 0.05) is 11.5 Å². The lowest BCUT2D eigenvalue weighted by Gasteiger charge is -2.19. The molecule has 1 aliphatic carbocycles. The molecule has 4 atom stereocenters. The minimum absolute atomic E-state index is 0.0632. The van der Waals surface area contributed by atoms with E-state index in [1.54, 1.807) is 0 Å². The number of fused-ring (bicyclic) bond motifs is 3. The molecule has 3 aliphatic rings. The van der Waals surface area contributed by atoms with Crippen LogP contribution in [0, 0.1) is 11.4 Å². The average Bonchev–Trinajstić information content (AvgIpc) is 3.13. The van der Waals surface area contributed by atoms with Crippen LogP contribution in [0.2, 0.25) is 0 Å². The van der Waals surface area contributed by atoms with E-state index in [0.717, 1.165) is 24.6 Å². The summed E-state index contributed by atoms with van der Waals surface area (Å²) in [5.41, 5.74) is 7.83. The molecule has 2 heterocycles. The summed E-state index contributed by atoms with van der Waals surface area (Å²) >= 11 is 0. The highest BCUT2D eigenvalue weighted by molar-refractivity contribution is 6.20. The lowest BCUT2D eigenvalue weighted by molar-refractivity contribution is -0.148. The van der Waals surface area contributed by atoms with Crippen molar-refractivity contribution < 1.29 is 28.6 Å². The van der Waals surface area contributed by atoms with E-state index >= 15 is 0 Å². The molecule has 0 amide bonds. The normalized spacial score (nSPS) is 37.0. The Bertz CT molecular complexity index is 664. The molecule has 0 radical (unpaired) electrons. The van der Waals surface area contributed by atoms with Crippen molar-refractivity contribution in [2.45, 2.75) is 50.4 Å². The molecule has 2 fully saturated rings. The Labute approximate surface area is 139 Å². The zero-order valence-corrected chi connectivity index (χ0v) is 13.6. The van der Waals surface area contributed by atoms with Gasteiger partial charge in [0.2, 0.25) is 0 Å². The van der Waals surface area contributed by atoms with Crippen molar-refractivity contribution in [3.05, 3.63) is 23.8 Å². The second-order valence-corrected chi connectivity index (χ2v) is 6.66.